The monoisotopic (exact) mass is 435 g/mol. The van der Waals surface area contributed by atoms with Crippen LogP contribution in [0.15, 0.2) is 54.8 Å². The lowest BCUT2D eigenvalue weighted by Crippen LogP contribution is -2.24. The summed E-state index contributed by atoms with van der Waals surface area (Å²) in [5.74, 6) is 1.74. The maximum atomic E-state index is 12.8. The van der Waals surface area contributed by atoms with Crippen molar-refractivity contribution in [3.8, 4) is 17.2 Å². The number of anilines is 1. The van der Waals surface area contributed by atoms with Gasteiger partial charge in [0.05, 0.1) is 11.9 Å². The van der Waals surface area contributed by atoms with Crippen molar-refractivity contribution in [1.82, 2.24) is 20.6 Å². The fourth-order valence-corrected chi connectivity index (χ4v) is 3.21. The number of hydrogen-bond donors (Lipinski definition) is 2. The van der Waals surface area contributed by atoms with Gasteiger partial charge in [0.1, 0.15) is 12.4 Å². The van der Waals surface area contributed by atoms with Gasteiger partial charge in [0.15, 0.2) is 17.6 Å². The van der Waals surface area contributed by atoms with Crippen LogP contribution in [0.3, 0.4) is 0 Å². The van der Waals surface area contributed by atoms with Gasteiger partial charge in [0.2, 0.25) is 5.82 Å². The van der Waals surface area contributed by atoms with Crippen LogP contribution in [0, 0.1) is 0 Å². The first-order valence-electron chi connectivity index (χ1n) is 10.6. The Kier molecular flexibility index (Phi) is 6.96. The molecule has 32 heavy (non-hydrogen) atoms. The zero-order valence-corrected chi connectivity index (χ0v) is 17.8. The molecule has 0 spiro atoms. The van der Waals surface area contributed by atoms with Crippen molar-refractivity contribution in [1.29, 1.82) is 0 Å². The number of aromatic amines is 1. The Morgan fingerprint density at radius 3 is 2.91 bits per heavy atom. The van der Waals surface area contributed by atoms with Gasteiger partial charge in [-0.05, 0) is 55.3 Å². The summed E-state index contributed by atoms with van der Waals surface area (Å²) >= 11 is 0. The summed E-state index contributed by atoms with van der Waals surface area (Å²) in [5, 5.41) is 16.7. The quantitative estimate of drug-likeness (QED) is 0.378. The first-order valence-corrected chi connectivity index (χ1v) is 10.6. The number of unbranched alkanes of at least 4 members (excludes halogenated alkanes) is 3. The summed E-state index contributed by atoms with van der Waals surface area (Å²) in [5.41, 5.74) is 0.990. The molecule has 0 saturated carbocycles. The Hall–Kier alpha value is -3.88. The van der Waals surface area contributed by atoms with Crippen molar-refractivity contribution in [2.75, 3.05) is 11.9 Å². The predicted octanol–water partition coefficient (Wildman–Crippen LogP) is 4.44. The van der Waals surface area contributed by atoms with Crippen molar-refractivity contribution >= 4 is 11.6 Å². The Balaban J connectivity index is 1.38. The fourth-order valence-electron chi connectivity index (χ4n) is 3.21. The lowest BCUT2D eigenvalue weighted by atomic mass is 10.2. The summed E-state index contributed by atoms with van der Waals surface area (Å²) in [7, 11) is 0. The maximum absolute atomic E-state index is 12.8. The van der Waals surface area contributed by atoms with Gasteiger partial charge in [-0.25, -0.2) is 0 Å². The van der Waals surface area contributed by atoms with Crippen molar-refractivity contribution in [3.05, 3.63) is 66.2 Å². The molecule has 1 unspecified atom stereocenters. The Morgan fingerprint density at radius 2 is 2.12 bits per heavy atom. The summed E-state index contributed by atoms with van der Waals surface area (Å²) in [6, 6.07) is 12.3. The van der Waals surface area contributed by atoms with E-state index in [9.17, 15) is 4.79 Å². The Labute approximate surface area is 185 Å². The lowest BCUT2D eigenvalue weighted by Gasteiger charge is -2.26. The van der Waals surface area contributed by atoms with Crippen molar-refractivity contribution in [2.24, 2.45) is 0 Å². The zero-order valence-electron chi connectivity index (χ0n) is 17.8. The SMILES string of the molecule is CCCCCC=COc1ccc(C(=O)Nc2cccc3c2OC(c2nn[nH]n2)CO3)cc1. The third-order valence-corrected chi connectivity index (χ3v) is 4.92. The number of amides is 1. The molecule has 0 bridgehead atoms. The predicted molar refractivity (Wildman–Crippen MR) is 118 cm³/mol. The number of ether oxygens (including phenoxy) is 3. The molecule has 1 aliphatic heterocycles. The van der Waals surface area contributed by atoms with Crippen molar-refractivity contribution < 1.29 is 19.0 Å². The summed E-state index contributed by atoms with van der Waals surface area (Å²) in [4.78, 5) is 12.8. The van der Waals surface area contributed by atoms with Gasteiger partial charge in [-0.2, -0.15) is 5.21 Å². The van der Waals surface area contributed by atoms with Crippen LogP contribution in [0.1, 0.15) is 54.9 Å². The van der Waals surface area contributed by atoms with Gasteiger partial charge in [0, 0.05) is 5.56 Å². The molecule has 0 aliphatic carbocycles. The number of allylic oxidation sites excluding steroid dienone is 1. The van der Waals surface area contributed by atoms with Crippen molar-refractivity contribution in [3.63, 3.8) is 0 Å². The summed E-state index contributed by atoms with van der Waals surface area (Å²) < 4.78 is 17.3. The number of fused-ring (bicyclic) bond motifs is 1. The van der Waals surface area contributed by atoms with Crippen LogP contribution in [-0.2, 0) is 0 Å². The minimum Gasteiger partial charge on any atom is -0.485 e. The number of carbonyl (C=O) groups excluding carboxylic acids is 1. The highest BCUT2D eigenvalue weighted by Gasteiger charge is 2.28. The highest BCUT2D eigenvalue weighted by atomic mass is 16.6. The number of rotatable bonds is 9. The molecule has 3 aromatic rings. The number of benzene rings is 2. The van der Waals surface area contributed by atoms with Gasteiger partial charge in [-0.1, -0.05) is 31.0 Å². The third-order valence-electron chi connectivity index (χ3n) is 4.92. The molecule has 9 nitrogen and oxygen atoms in total. The van der Waals surface area contributed by atoms with Gasteiger partial charge < -0.3 is 19.5 Å². The molecule has 1 aliphatic rings. The van der Waals surface area contributed by atoms with E-state index >= 15 is 0 Å². The van der Waals surface area contributed by atoms with Crippen LogP contribution in [0.25, 0.3) is 0 Å². The first-order chi connectivity index (χ1) is 15.7. The van der Waals surface area contributed by atoms with Crippen molar-refractivity contribution in [2.45, 2.75) is 38.7 Å². The van der Waals surface area contributed by atoms with E-state index in [-0.39, 0.29) is 12.5 Å². The van der Waals surface area contributed by atoms with E-state index in [1.165, 1.54) is 12.8 Å². The molecular formula is C23H25N5O4. The second-order valence-electron chi connectivity index (χ2n) is 7.28. The average Bonchev–Trinajstić information content (AvgIpc) is 3.37. The van der Waals surface area contributed by atoms with Gasteiger partial charge >= 0.3 is 0 Å². The number of aromatic nitrogens is 4. The minimum atomic E-state index is -0.522. The Bertz CT molecular complexity index is 1050. The van der Waals surface area contributed by atoms with Gasteiger partial charge in [-0.15, -0.1) is 10.2 Å². The molecule has 9 heteroatoms. The normalized spacial score (nSPS) is 15.0. The van der Waals surface area contributed by atoms with Gasteiger partial charge in [0.25, 0.3) is 5.91 Å². The number of para-hydroxylation sites is 1. The van der Waals surface area contributed by atoms with Crippen LogP contribution in [-0.4, -0.2) is 33.1 Å². The molecule has 0 radical (unpaired) electrons. The maximum Gasteiger partial charge on any atom is 0.255 e. The molecular weight excluding hydrogens is 410 g/mol. The number of tetrazole rings is 1. The highest BCUT2D eigenvalue weighted by molar-refractivity contribution is 6.05. The molecule has 166 valence electrons. The Morgan fingerprint density at radius 1 is 1.25 bits per heavy atom. The molecule has 2 N–H and O–H groups in total. The highest BCUT2D eigenvalue weighted by Crippen LogP contribution is 2.41. The second-order valence-corrected chi connectivity index (χ2v) is 7.28. The standard InChI is InChI=1S/C23H25N5O4/c1-2-3-4-5-6-14-30-17-12-10-16(11-13-17)23(29)24-18-8-7-9-19-21(18)32-20(15-31-19)22-25-27-28-26-22/h6-14,20H,2-5,15H2,1H3,(H,24,29)(H,25,26,27,28). The van der Waals surface area contributed by atoms with Crippen LogP contribution in [0.4, 0.5) is 5.69 Å². The van der Waals surface area contributed by atoms with E-state index in [0.29, 0.717) is 34.3 Å². The molecule has 4 rings (SSSR count). The smallest absolute Gasteiger partial charge is 0.255 e. The van der Waals surface area contributed by atoms with E-state index < -0.39 is 6.10 Å². The van der Waals surface area contributed by atoms with E-state index in [2.05, 4.69) is 32.9 Å². The zero-order chi connectivity index (χ0) is 22.2. The van der Waals surface area contributed by atoms with E-state index in [1.54, 1.807) is 48.7 Å². The topological polar surface area (TPSA) is 111 Å². The number of nitrogens with one attached hydrogen (secondary N) is 2. The largest absolute Gasteiger partial charge is 0.485 e. The van der Waals surface area contributed by atoms with Crippen LogP contribution in [0.5, 0.6) is 17.2 Å². The number of carbonyl (C=O) groups is 1. The average molecular weight is 435 g/mol. The third kappa shape index (κ3) is 5.23. The lowest BCUT2D eigenvalue weighted by molar-refractivity contribution is 0.0856. The molecule has 0 saturated heterocycles. The molecule has 1 atom stereocenters. The first kappa shape index (κ1) is 21.4. The van der Waals surface area contributed by atoms with Crippen LogP contribution < -0.4 is 19.5 Å². The molecule has 1 aromatic heterocycles. The molecule has 2 heterocycles. The molecule has 0 fully saturated rings. The summed E-state index contributed by atoms with van der Waals surface area (Å²) in [6.45, 7) is 2.43. The molecule has 1 amide bonds. The number of hydrogen-bond acceptors (Lipinski definition) is 7. The van der Waals surface area contributed by atoms with E-state index in [0.717, 1.165) is 12.8 Å². The van der Waals surface area contributed by atoms with E-state index in [4.69, 9.17) is 14.2 Å². The number of H-pyrrole nitrogens is 1. The fraction of sp³-hybridized carbons (Fsp3) is 0.304. The summed E-state index contributed by atoms with van der Waals surface area (Å²) in [6.07, 6.45) is 7.75. The van der Waals surface area contributed by atoms with E-state index in [1.807, 2.05) is 6.08 Å². The minimum absolute atomic E-state index is 0.248. The second kappa shape index (κ2) is 10.4. The van der Waals surface area contributed by atoms with Crippen LogP contribution in [0.2, 0.25) is 0 Å². The molecule has 2 aromatic carbocycles. The van der Waals surface area contributed by atoms with Crippen LogP contribution >= 0.6 is 0 Å². The van der Waals surface area contributed by atoms with Gasteiger partial charge in [-0.3, -0.25) is 4.79 Å². The number of nitrogens with zero attached hydrogens (tertiary/aromatic N) is 3.